The molecule has 0 aromatic carbocycles. The van der Waals surface area contributed by atoms with Gasteiger partial charge in [0.15, 0.2) is 5.75 Å². The highest BCUT2D eigenvalue weighted by molar-refractivity contribution is 8.11. The first-order valence-electron chi connectivity index (χ1n) is 5.70. The highest BCUT2D eigenvalue weighted by Gasteiger charge is 2.40. The summed E-state index contributed by atoms with van der Waals surface area (Å²) in [7, 11) is 0. The molecular formula is C12H9ClN2O4S2. The number of pyridine rings is 1. The maximum Gasteiger partial charge on any atom is 0.290 e. The van der Waals surface area contributed by atoms with E-state index in [-0.39, 0.29) is 28.8 Å². The Labute approximate surface area is 132 Å². The third kappa shape index (κ3) is 1.79. The van der Waals surface area contributed by atoms with Gasteiger partial charge in [-0.2, -0.15) is 0 Å². The lowest BCUT2D eigenvalue weighted by atomic mass is 10.1. The lowest BCUT2D eigenvalue weighted by Gasteiger charge is -2.29. The summed E-state index contributed by atoms with van der Waals surface area (Å²) in [6.45, 7) is 0. The summed E-state index contributed by atoms with van der Waals surface area (Å²) in [6, 6.07) is 1.36. The standard InChI is InChI=1S/C12H8N2O4S2.ClH/c15-6-3-5-7(13-8(6)16)4-1-2-19-10(4)14-9(17)12(18)20-11(5)14;/h1-3,10,15,17-18H,(H,13,16);1H. The van der Waals surface area contributed by atoms with Gasteiger partial charge in [-0.25, -0.2) is 0 Å². The number of H-pyrrole nitrogens is 1. The number of nitrogens with zero attached hydrogens (tertiary/aromatic N) is 1. The summed E-state index contributed by atoms with van der Waals surface area (Å²) in [5.74, 6) is -0.601. The fourth-order valence-corrected chi connectivity index (χ4v) is 4.50. The number of rotatable bonds is 0. The molecule has 0 saturated carbocycles. The van der Waals surface area contributed by atoms with Gasteiger partial charge in [0, 0.05) is 10.8 Å². The van der Waals surface area contributed by atoms with Gasteiger partial charge in [-0.1, -0.05) is 0 Å². The molecule has 0 aliphatic carbocycles. The van der Waals surface area contributed by atoms with E-state index in [0.717, 1.165) is 17.3 Å². The minimum Gasteiger partial charge on any atom is -0.503 e. The summed E-state index contributed by atoms with van der Waals surface area (Å²) in [5, 5.41) is 32.6. The van der Waals surface area contributed by atoms with Gasteiger partial charge in [0.05, 0.1) is 10.4 Å². The minimum absolute atomic E-state index is 0. The largest absolute Gasteiger partial charge is 0.503 e. The van der Waals surface area contributed by atoms with E-state index in [2.05, 4.69) is 4.98 Å². The molecular weight excluding hydrogens is 336 g/mol. The molecule has 0 spiro atoms. The van der Waals surface area contributed by atoms with Crippen LogP contribution in [0.25, 0.3) is 10.6 Å². The Bertz CT molecular complexity index is 889. The number of hydrogen-bond acceptors (Lipinski definition) is 7. The molecule has 1 aromatic heterocycles. The molecule has 1 atom stereocenters. The first-order valence-corrected chi connectivity index (χ1v) is 7.46. The molecule has 0 fully saturated rings. The average molecular weight is 345 g/mol. The molecule has 0 bridgehead atoms. The van der Waals surface area contributed by atoms with Crippen molar-refractivity contribution < 1.29 is 15.3 Å². The fourth-order valence-electron chi connectivity index (χ4n) is 2.45. The molecule has 3 aliphatic heterocycles. The number of nitrogens with one attached hydrogen (secondary N) is 1. The van der Waals surface area contributed by atoms with Crippen molar-refractivity contribution in [3.8, 4) is 5.75 Å². The zero-order valence-corrected chi connectivity index (χ0v) is 12.7. The van der Waals surface area contributed by atoms with E-state index in [1.54, 1.807) is 4.90 Å². The van der Waals surface area contributed by atoms with E-state index in [1.165, 1.54) is 17.8 Å². The molecule has 0 radical (unpaired) electrons. The van der Waals surface area contributed by atoms with Crippen LogP contribution < -0.4 is 16.1 Å². The third-order valence-electron chi connectivity index (χ3n) is 3.33. The highest BCUT2D eigenvalue weighted by Crippen LogP contribution is 2.47. The first kappa shape index (κ1) is 14.3. The van der Waals surface area contributed by atoms with Crippen LogP contribution in [-0.2, 0) is 0 Å². The maximum absolute atomic E-state index is 11.6. The van der Waals surface area contributed by atoms with Gasteiger partial charge in [-0.05, 0) is 29.3 Å². The predicted octanol–water partition coefficient (Wildman–Crippen LogP) is 0.610. The predicted molar refractivity (Wildman–Crippen MR) is 84.3 cm³/mol. The number of fused-ring (bicyclic) bond motifs is 4. The molecule has 21 heavy (non-hydrogen) atoms. The number of halogens is 1. The summed E-state index contributed by atoms with van der Waals surface area (Å²) >= 11 is 2.47. The lowest BCUT2D eigenvalue weighted by Crippen LogP contribution is -2.47. The Hall–Kier alpha value is -1.64. The summed E-state index contributed by atoms with van der Waals surface area (Å²) in [6.07, 6.45) is 1.85. The van der Waals surface area contributed by atoms with Gasteiger partial charge < -0.3 is 20.3 Å². The van der Waals surface area contributed by atoms with Crippen molar-refractivity contribution in [1.82, 2.24) is 9.88 Å². The minimum atomic E-state index is -0.557. The molecule has 9 heteroatoms. The monoisotopic (exact) mass is 344 g/mol. The topological polar surface area (TPSA) is 96.8 Å². The van der Waals surface area contributed by atoms with E-state index < -0.39 is 11.3 Å². The van der Waals surface area contributed by atoms with Crippen LogP contribution in [-0.4, -0.2) is 30.6 Å². The van der Waals surface area contributed by atoms with E-state index in [9.17, 15) is 20.1 Å². The maximum atomic E-state index is 11.6. The van der Waals surface area contributed by atoms with Crippen LogP contribution in [0.15, 0.2) is 33.3 Å². The molecule has 4 heterocycles. The molecule has 110 valence electrons. The summed E-state index contributed by atoms with van der Waals surface area (Å²) < 4.78 is 0. The van der Waals surface area contributed by atoms with Crippen LogP contribution in [0.4, 0.5) is 0 Å². The van der Waals surface area contributed by atoms with Gasteiger partial charge in [0.25, 0.3) is 5.56 Å². The second-order valence-electron chi connectivity index (χ2n) is 4.42. The zero-order chi connectivity index (χ0) is 14.0. The SMILES string of the molecule is Cl.O=c1[nH]c2c(cc1O)=C1SC(O)=C(O)N1C1SC=CC=21. The third-order valence-corrected chi connectivity index (χ3v) is 5.33. The normalized spacial score (nSPS) is 22.1. The molecule has 0 amide bonds. The molecule has 6 nitrogen and oxygen atoms in total. The molecule has 1 aromatic rings. The van der Waals surface area contributed by atoms with Gasteiger partial charge in [-0.3, -0.25) is 9.69 Å². The van der Waals surface area contributed by atoms with Crippen LogP contribution in [0.1, 0.15) is 0 Å². The van der Waals surface area contributed by atoms with E-state index in [4.69, 9.17) is 0 Å². The molecule has 1 unspecified atom stereocenters. The van der Waals surface area contributed by atoms with Crippen molar-refractivity contribution in [2.45, 2.75) is 5.37 Å². The Morgan fingerprint density at radius 2 is 2.05 bits per heavy atom. The van der Waals surface area contributed by atoms with Crippen LogP contribution >= 0.6 is 35.9 Å². The van der Waals surface area contributed by atoms with Gasteiger partial charge in [0.1, 0.15) is 5.37 Å². The van der Waals surface area contributed by atoms with Crippen molar-refractivity contribution in [2.24, 2.45) is 0 Å². The summed E-state index contributed by atoms with van der Waals surface area (Å²) in [4.78, 5) is 15.9. The number of aromatic hydroxyl groups is 1. The Morgan fingerprint density at radius 3 is 2.81 bits per heavy atom. The smallest absolute Gasteiger partial charge is 0.290 e. The number of hydrogen-bond donors (Lipinski definition) is 4. The fraction of sp³-hybridized carbons (Fsp3) is 0.0833. The number of aromatic amines is 1. The number of aliphatic hydroxyl groups excluding tert-OH is 2. The number of aromatic nitrogens is 1. The van der Waals surface area contributed by atoms with Crippen molar-refractivity contribution in [2.75, 3.05) is 0 Å². The second kappa shape index (κ2) is 4.69. The Kier molecular flexibility index (Phi) is 3.19. The van der Waals surface area contributed by atoms with Crippen LogP contribution in [0.5, 0.6) is 5.75 Å². The quantitative estimate of drug-likeness (QED) is 0.547. The van der Waals surface area contributed by atoms with Crippen molar-refractivity contribution in [3.05, 3.63) is 49.4 Å². The van der Waals surface area contributed by atoms with Gasteiger partial charge in [0.2, 0.25) is 11.0 Å². The van der Waals surface area contributed by atoms with E-state index in [0.29, 0.717) is 15.6 Å². The molecule has 0 saturated heterocycles. The van der Waals surface area contributed by atoms with Crippen molar-refractivity contribution >= 4 is 46.5 Å². The molecule has 3 aliphatic rings. The van der Waals surface area contributed by atoms with E-state index >= 15 is 0 Å². The number of aliphatic hydroxyl groups is 2. The van der Waals surface area contributed by atoms with Gasteiger partial charge in [-0.15, -0.1) is 24.2 Å². The number of thioether (sulfide) groups is 2. The second-order valence-corrected chi connectivity index (χ2v) is 6.39. The van der Waals surface area contributed by atoms with Crippen LogP contribution in [0, 0.1) is 0 Å². The first-order chi connectivity index (χ1) is 9.58. The molecule has 4 N–H and O–H groups in total. The zero-order valence-electron chi connectivity index (χ0n) is 10.2. The van der Waals surface area contributed by atoms with E-state index in [1.807, 2.05) is 11.5 Å². The van der Waals surface area contributed by atoms with Crippen molar-refractivity contribution in [1.29, 1.82) is 0 Å². The lowest BCUT2D eigenvalue weighted by molar-refractivity contribution is 0.250. The molecule has 4 rings (SSSR count). The van der Waals surface area contributed by atoms with Crippen LogP contribution in [0.3, 0.4) is 0 Å². The Balaban J connectivity index is 0.00000132. The summed E-state index contributed by atoms with van der Waals surface area (Å²) in [5.41, 5.74) is 0.270. The average Bonchev–Trinajstić information content (AvgIpc) is 2.98. The van der Waals surface area contributed by atoms with Gasteiger partial charge >= 0.3 is 0 Å². The van der Waals surface area contributed by atoms with Crippen molar-refractivity contribution in [3.63, 3.8) is 0 Å². The highest BCUT2D eigenvalue weighted by atomic mass is 35.5. The Morgan fingerprint density at radius 1 is 1.29 bits per heavy atom. The van der Waals surface area contributed by atoms with Crippen LogP contribution in [0.2, 0.25) is 0 Å².